The molecule has 1 aromatic carbocycles. The molecule has 0 bridgehead atoms. The lowest BCUT2D eigenvalue weighted by Gasteiger charge is -2.13. The first-order valence-electron chi connectivity index (χ1n) is 7.87. The van der Waals surface area contributed by atoms with Gasteiger partial charge in [-0.1, -0.05) is 11.6 Å². The minimum absolute atomic E-state index is 0.370. The summed E-state index contributed by atoms with van der Waals surface area (Å²) in [6.07, 6.45) is -2.77. The number of carboxylic acids is 1. The number of carbonyl (C=O) groups is 1. The lowest BCUT2D eigenvalue weighted by molar-refractivity contribution is -0.192. The molecular formula is C17H18F3NO5. The molecule has 2 heterocycles. The third-order valence-corrected chi connectivity index (χ3v) is 3.70. The molecule has 26 heavy (non-hydrogen) atoms. The van der Waals surface area contributed by atoms with Crippen molar-refractivity contribution in [1.82, 2.24) is 5.32 Å². The highest BCUT2D eigenvalue weighted by atomic mass is 19.4. The van der Waals surface area contributed by atoms with E-state index in [0.717, 1.165) is 23.9 Å². The van der Waals surface area contributed by atoms with Crippen molar-refractivity contribution in [2.45, 2.75) is 32.0 Å². The second-order valence-electron chi connectivity index (χ2n) is 5.84. The maximum Gasteiger partial charge on any atom is 0.490 e. The van der Waals surface area contributed by atoms with Crippen LogP contribution in [-0.2, 0) is 4.79 Å². The van der Waals surface area contributed by atoms with Gasteiger partial charge in [-0.05, 0) is 38.4 Å². The Labute approximate surface area is 146 Å². The average Bonchev–Trinajstić information content (AvgIpc) is 3.06. The molecule has 0 radical (unpaired) electrons. The molecule has 9 heteroatoms. The van der Waals surface area contributed by atoms with Gasteiger partial charge in [0.05, 0.1) is 11.5 Å². The van der Waals surface area contributed by atoms with Gasteiger partial charge in [-0.3, -0.25) is 0 Å². The van der Waals surface area contributed by atoms with Gasteiger partial charge in [0.25, 0.3) is 0 Å². The summed E-state index contributed by atoms with van der Waals surface area (Å²) in [5, 5.41) is 11.4. The Morgan fingerprint density at radius 2 is 2.08 bits per heavy atom. The number of aryl methyl sites for hydroxylation is 1. The molecule has 142 valence electrons. The molecule has 0 saturated carbocycles. The number of aliphatic carboxylic acids is 1. The van der Waals surface area contributed by atoms with E-state index in [1.165, 1.54) is 12.5 Å². The Morgan fingerprint density at radius 3 is 2.65 bits per heavy atom. The first kappa shape index (κ1) is 19.8. The van der Waals surface area contributed by atoms with Crippen LogP contribution in [0.5, 0.6) is 5.75 Å². The molecule has 0 aliphatic carbocycles. The first-order chi connectivity index (χ1) is 12.2. The van der Waals surface area contributed by atoms with E-state index < -0.39 is 12.1 Å². The van der Waals surface area contributed by atoms with Gasteiger partial charge in [0.15, 0.2) is 0 Å². The van der Waals surface area contributed by atoms with E-state index in [4.69, 9.17) is 19.1 Å². The topological polar surface area (TPSA) is 88.8 Å². The maximum absolute atomic E-state index is 11.5. The molecular weight excluding hydrogens is 355 g/mol. The zero-order valence-electron chi connectivity index (χ0n) is 13.9. The zero-order valence-corrected chi connectivity index (χ0v) is 13.9. The van der Waals surface area contributed by atoms with E-state index >= 15 is 0 Å². The predicted molar refractivity (Wildman–Crippen MR) is 87.4 cm³/mol. The SMILES string of the molecule is Cc1ccc2oc(=O)cc(OC[C@@H]3CCCN3)c2c1.O=C(O)C(F)(F)F. The highest BCUT2D eigenvalue weighted by Crippen LogP contribution is 2.25. The van der Waals surface area contributed by atoms with Gasteiger partial charge in [-0.2, -0.15) is 13.2 Å². The minimum atomic E-state index is -5.08. The number of fused-ring (bicyclic) bond motifs is 1. The van der Waals surface area contributed by atoms with E-state index in [0.29, 0.717) is 24.0 Å². The van der Waals surface area contributed by atoms with Crippen LogP contribution in [0, 0.1) is 6.92 Å². The van der Waals surface area contributed by atoms with Crippen LogP contribution in [0.2, 0.25) is 0 Å². The summed E-state index contributed by atoms with van der Waals surface area (Å²) in [6.45, 7) is 3.64. The number of nitrogens with one attached hydrogen (secondary N) is 1. The number of halogens is 3. The van der Waals surface area contributed by atoms with Gasteiger partial charge in [-0.25, -0.2) is 9.59 Å². The zero-order chi connectivity index (χ0) is 19.3. The number of hydrogen-bond donors (Lipinski definition) is 2. The first-order valence-corrected chi connectivity index (χ1v) is 7.87. The average molecular weight is 373 g/mol. The second-order valence-corrected chi connectivity index (χ2v) is 5.84. The van der Waals surface area contributed by atoms with Gasteiger partial charge in [-0.15, -0.1) is 0 Å². The van der Waals surface area contributed by atoms with Crippen LogP contribution in [0.25, 0.3) is 11.0 Å². The van der Waals surface area contributed by atoms with Crippen molar-refractivity contribution >= 4 is 16.9 Å². The number of hydrogen-bond acceptors (Lipinski definition) is 5. The monoisotopic (exact) mass is 373 g/mol. The van der Waals surface area contributed by atoms with Crippen molar-refractivity contribution in [3.05, 3.63) is 40.2 Å². The van der Waals surface area contributed by atoms with Crippen LogP contribution < -0.4 is 15.7 Å². The molecule has 1 fully saturated rings. The molecule has 2 N–H and O–H groups in total. The third-order valence-electron chi connectivity index (χ3n) is 3.70. The summed E-state index contributed by atoms with van der Waals surface area (Å²) in [7, 11) is 0. The smallest absolute Gasteiger partial charge is 0.490 e. The summed E-state index contributed by atoms with van der Waals surface area (Å²) in [5.41, 5.74) is 1.32. The summed E-state index contributed by atoms with van der Waals surface area (Å²) in [6, 6.07) is 7.53. The Bertz CT molecular complexity index is 825. The second kappa shape index (κ2) is 8.22. The van der Waals surface area contributed by atoms with E-state index in [1.54, 1.807) is 0 Å². The van der Waals surface area contributed by atoms with Crippen molar-refractivity contribution < 1.29 is 32.2 Å². The highest BCUT2D eigenvalue weighted by molar-refractivity contribution is 5.83. The van der Waals surface area contributed by atoms with Crippen molar-refractivity contribution in [2.24, 2.45) is 0 Å². The molecule has 1 aliphatic heterocycles. The number of carboxylic acid groups (broad SMARTS) is 1. The normalized spacial score (nSPS) is 16.8. The Balaban J connectivity index is 0.000000298. The summed E-state index contributed by atoms with van der Waals surface area (Å²) in [5.74, 6) is -2.14. The molecule has 6 nitrogen and oxygen atoms in total. The molecule has 1 aliphatic rings. The van der Waals surface area contributed by atoms with Gasteiger partial charge in [0.2, 0.25) is 0 Å². The summed E-state index contributed by atoms with van der Waals surface area (Å²) in [4.78, 5) is 20.4. The number of alkyl halides is 3. The molecule has 0 spiro atoms. The van der Waals surface area contributed by atoms with Crippen LogP contribution in [-0.4, -0.2) is 36.4 Å². The van der Waals surface area contributed by atoms with Crippen molar-refractivity contribution in [2.75, 3.05) is 13.2 Å². The van der Waals surface area contributed by atoms with E-state index in [1.807, 2.05) is 25.1 Å². The molecule has 1 atom stereocenters. The van der Waals surface area contributed by atoms with Crippen LogP contribution in [0.15, 0.2) is 33.5 Å². The van der Waals surface area contributed by atoms with Crippen LogP contribution >= 0.6 is 0 Å². The predicted octanol–water partition coefficient (Wildman–Crippen LogP) is 2.87. The Morgan fingerprint density at radius 1 is 1.38 bits per heavy atom. The Hall–Kier alpha value is -2.55. The van der Waals surface area contributed by atoms with Crippen LogP contribution in [0.3, 0.4) is 0 Å². The van der Waals surface area contributed by atoms with Gasteiger partial charge >= 0.3 is 17.8 Å². The van der Waals surface area contributed by atoms with Gasteiger partial charge in [0, 0.05) is 6.04 Å². The van der Waals surface area contributed by atoms with E-state index in [-0.39, 0.29) is 5.63 Å². The molecule has 0 unspecified atom stereocenters. The molecule has 2 aromatic rings. The van der Waals surface area contributed by atoms with E-state index in [2.05, 4.69) is 5.32 Å². The summed E-state index contributed by atoms with van der Waals surface area (Å²) < 4.78 is 42.7. The summed E-state index contributed by atoms with van der Waals surface area (Å²) >= 11 is 0. The van der Waals surface area contributed by atoms with Crippen molar-refractivity contribution in [3.63, 3.8) is 0 Å². The maximum atomic E-state index is 11.5. The van der Waals surface area contributed by atoms with Gasteiger partial charge in [0.1, 0.15) is 17.9 Å². The van der Waals surface area contributed by atoms with Gasteiger partial charge < -0.3 is 19.6 Å². The molecule has 1 aromatic heterocycles. The molecule has 3 rings (SSSR count). The van der Waals surface area contributed by atoms with Crippen molar-refractivity contribution in [3.8, 4) is 5.75 Å². The fourth-order valence-electron chi connectivity index (χ4n) is 2.46. The third kappa shape index (κ3) is 5.48. The van der Waals surface area contributed by atoms with Crippen LogP contribution in [0.4, 0.5) is 13.2 Å². The number of ether oxygens (including phenoxy) is 1. The lowest BCUT2D eigenvalue weighted by Crippen LogP contribution is -2.28. The largest absolute Gasteiger partial charge is 0.491 e. The fraction of sp³-hybridized carbons (Fsp3) is 0.412. The number of benzene rings is 1. The Kier molecular flexibility index (Phi) is 6.25. The standard InChI is InChI=1S/C15H17NO3.C2HF3O2/c1-10-4-5-13-12(7-10)14(8-15(17)19-13)18-9-11-3-2-6-16-11;3-2(4,5)1(6)7/h4-5,7-8,11,16H,2-3,6,9H2,1H3;(H,6,7)/t11-;/m0./s1. The molecule has 1 saturated heterocycles. The van der Waals surface area contributed by atoms with E-state index in [9.17, 15) is 18.0 Å². The lowest BCUT2D eigenvalue weighted by atomic mass is 10.1. The highest BCUT2D eigenvalue weighted by Gasteiger charge is 2.38. The molecule has 0 amide bonds. The van der Waals surface area contributed by atoms with Crippen LogP contribution in [0.1, 0.15) is 18.4 Å². The quantitative estimate of drug-likeness (QED) is 0.805. The minimum Gasteiger partial charge on any atom is -0.491 e. The fourth-order valence-corrected chi connectivity index (χ4v) is 2.46. The van der Waals surface area contributed by atoms with Crippen molar-refractivity contribution in [1.29, 1.82) is 0 Å². The number of rotatable bonds is 3.